The second-order valence-corrected chi connectivity index (χ2v) is 7.30. The lowest BCUT2D eigenvalue weighted by atomic mass is 10.2. The molecule has 4 rings (SSSR count). The molecule has 0 saturated heterocycles. The lowest BCUT2D eigenvalue weighted by molar-refractivity contribution is -0.422. The summed E-state index contributed by atoms with van der Waals surface area (Å²) in [6.45, 7) is 0. The third kappa shape index (κ3) is 3.50. The van der Waals surface area contributed by atoms with Crippen LogP contribution >= 0.6 is 22.6 Å². The maximum atomic E-state index is 11.8. The molecule has 0 bridgehead atoms. The molecule has 0 unspecified atom stereocenters. The summed E-state index contributed by atoms with van der Waals surface area (Å²) in [6.07, 6.45) is 0. The Morgan fingerprint density at radius 3 is 2.17 bits per heavy atom. The number of nitro benzene ring substituents is 2. The highest BCUT2D eigenvalue weighted by Gasteiger charge is 2.37. The molecule has 1 aliphatic heterocycles. The van der Waals surface area contributed by atoms with E-state index in [0.29, 0.717) is 11.5 Å². The molecule has 3 aromatic carbocycles. The van der Waals surface area contributed by atoms with Crippen LogP contribution in [0.1, 0.15) is 5.56 Å². The number of anilines is 2. The smallest absolute Gasteiger partial charge is 0.259 e. The molecule has 3 aromatic rings. The number of benzene rings is 3. The van der Waals surface area contributed by atoms with Gasteiger partial charge in [-0.1, -0.05) is 48.5 Å². The number of amidine groups is 1. The van der Waals surface area contributed by atoms with Crippen molar-refractivity contribution in [1.29, 1.82) is 0 Å². The zero-order chi connectivity index (χ0) is 21.3. The van der Waals surface area contributed by atoms with E-state index in [2.05, 4.69) is 33.1 Å². The Balaban J connectivity index is 1.91. The first kappa shape index (κ1) is 19.6. The van der Waals surface area contributed by atoms with Gasteiger partial charge in [0.1, 0.15) is 0 Å². The predicted molar refractivity (Wildman–Crippen MR) is 120 cm³/mol. The number of hydrogen-bond acceptors (Lipinski definition) is 8. The third-order valence-electron chi connectivity index (χ3n) is 4.31. The normalized spacial score (nSPS) is 13.0. The molecule has 10 nitrogen and oxygen atoms in total. The molecular formula is C19H13IN6O4. The van der Waals surface area contributed by atoms with Crippen LogP contribution in [0.3, 0.4) is 0 Å². The molecule has 0 atom stereocenters. The van der Waals surface area contributed by atoms with Crippen molar-refractivity contribution >= 4 is 51.2 Å². The maximum Gasteiger partial charge on any atom is 0.373 e. The van der Waals surface area contributed by atoms with Crippen molar-refractivity contribution in [3.8, 4) is 0 Å². The molecule has 0 saturated carbocycles. The first-order valence-corrected chi connectivity index (χ1v) is 9.72. The van der Waals surface area contributed by atoms with E-state index in [-0.39, 0.29) is 5.69 Å². The topological polar surface area (TPSA) is 117 Å². The molecule has 0 fully saturated rings. The Morgan fingerprint density at radius 2 is 1.50 bits per heavy atom. The van der Waals surface area contributed by atoms with E-state index in [1.807, 2.05) is 54.6 Å². The molecule has 1 N–H and O–H groups in total. The summed E-state index contributed by atoms with van der Waals surface area (Å²) in [5, 5.41) is 30.5. The number of nitro groups is 2. The number of hydrazone groups is 1. The van der Waals surface area contributed by atoms with Crippen LogP contribution in [0.5, 0.6) is 0 Å². The van der Waals surface area contributed by atoms with E-state index >= 15 is 0 Å². The number of nitrogens with one attached hydrogen (secondary N) is 1. The van der Waals surface area contributed by atoms with Crippen LogP contribution in [0.4, 0.5) is 22.7 Å². The van der Waals surface area contributed by atoms with Crippen LogP contribution in [-0.2, 0) is 0 Å². The third-order valence-corrected chi connectivity index (χ3v) is 5.22. The summed E-state index contributed by atoms with van der Waals surface area (Å²) in [6, 6.07) is 20.5. The average Bonchev–Trinajstić information content (AvgIpc) is 3.19. The predicted octanol–water partition coefficient (Wildman–Crippen LogP) is 4.22. The Hall–Kier alpha value is -3.74. The molecule has 11 heteroatoms. The lowest BCUT2D eigenvalue weighted by Gasteiger charge is -2.28. The van der Waals surface area contributed by atoms with Crippen LogP contribution in [-0.4, -0.2) is 15.7 Å². The Labute approximate surface area is 183 Å². The van der Waals surface area contributed by atoms with Crippen LogP contribution in [0.2, 0.25) is 0 Å². The van der Waals surface area contributed by atoms with Gasteiger partial charge in [-0.05, 0) is 40.8 Å². The van der Waals surface area contributed by atoms with Crippen molar-refractivity contribution in [2.45, 2.75) is 0 Å². The first-order chi connectivity index (χ1) is 14.5. The van der Waals surface area contributed by atoms with Gasteiger partial charge in [-0.3, -0.25) is 25.7 Å². The Bertz CT molecular complexity index is 1170. The fraction of sp³-hybridized carbons (Fsp3) is 0. The van der Waals surface area contributed by atoms with E-state index in [9.17, 15) is 20.2 Å². The van der Waals surface area contributed by atoms with Gasteiger partial charge >= 0.3 is 11.4 Å². The van der Waals surface area contributed by atoms with Crippen LogP contribution in [0.15, 0.2) is 77.9 Å². The minimum atomic E-state index is -0.774. The number of hydrazine groups is 2. The van der Waals surface area contributed by atoms with E-state index in [0.717, 1.165) is 15.2 Å². The molecule has 1 heterocycles. The van der Waals surface area contributed by atoms with Crippen LogP contribution in [0.25, 0.3) is 0 Å². The zero-order valence-corrected chi connectivity index (χ0v) is 17.3. The molecule has 0 aromatic heterocycles. The highest BCUT2D eigenvalue weighted by atomic mass is 127. The van der Waals surface area contributed by atoms with Crippen LogP contribution in [0, 0.1) is 23.8 Å². The minimum Gasteiger partial charge on any atom is -0.259 e. The fourth-order valence-electron chi connectivity index (χ4n) is 2.99. The molecular weight excluding hydrogens is 503 g/mol. The molecule has 150 valence electrons. The Morgan fingerprint density at radius 1 is 0.833 bits per heavy atom. The van der Waals surface area contributed by atoms with Crippen LogP contribution < -0.4 is 15.7 Å². The van der Waals surface area contributed by atoms with Gasteiger partial charge in [-0.15, -0.1) is 10.2 Å². The van der Waals surface area contributed by atoms with E-state index in [1.54, 1.807) is 0 Å². The van der Waals surface area contributed by atoms with Gasteiger partial charge in [0.05, 0.1) is 15.5 Å². The SMILES string of the molecule is O=[N+]([O-])c1cccc(N2N=C(c3ccccc3)NN2c2ccccc2I)c1[N+](=O)[O-]. The summed E-state index contributed by atoms with van der Waals surface area (Å²) < 4.78 is 0.852. The number of para-hydroxylation sites is 2. The van der Waals surface area contributed by atoms with Crippen molar-refractivity contribution in [3.63, 3.8) is 0 Å². The first-order valence-electron chi connectivity index (χ1n) is 8.64. The fourth-order valence-corrected chi connectivity index (χ4v) is 3.61. The monoisotopic (exact) mass is 516 g/mol. The summed E-state index contributed by atoms with van der Waals surface area (Å²) in [7, 11) is 0. The number of rotatable bonds is 5. The van der Waals surface area contributed by atoms with Crippen molar-refractivity contribution < 1.29 is 9.85 Å². The highest BCUT2D eigenvalue weighted by molar-refractivity contribution is 14.1. The molecule has 30 heavy (non-hydrogen) atoms. The second-order valence-electron chi connectivity index (χ2n) is 6.14. The summed E-state index contributed by atoms with van der Waals surface area (Å²) >= 11 is 2.14. The van der Waals surface area contributed by atoms with Gasteiger partial charge in [0.25, 0.3) is 0 Å². The highest BCUT2D eigenvalue weighted by Crippen LogP contribution is 2.39. The number of hydrogen-bond donors (Lipinski definition) is 1. The van der Waals surface area contributed by atoms with Crippen molar-refractivity contribution in [1.82, 2.24) is 5.43 Å². The van der Waals surface area contributed by atoms with Crippen molar-refractivity contribution in [2.75, 3.05) is 10.2 Å². The lowest BCUT2D eigenvalue weighted by Crippen LogP contribution is -2.45. The largest absolute Gasteiger partial charge is 0.373 e. The van der Waals surface area contributed by atoms with Gasteiger partial charge in [-0.2, -0.15) is 5.12 Å². The standard InChI is InChI=1S/C19H13IN6O4/c20-14-9-4-5-10-15(14)23-21-19(13-7-2-1-3-8-13)22-24(23)16-11-6-12-17(25(27)28)18(16)26(29)30/h1-12H,(H,21,22). The summed E-state index contributed by atoms with van der Waals surface area (Å²) in [5.41, 5.74) is 3.28. The van der Waals surface area contributed by atoms with Gasteiger partial charge < -0.3 is 0 Å². The number of nitrogens with zero attached hydrogens (tertiary/aromatic N) is 5. The van der Waals surface area contributed by atoms with Gasteiger partial charge in [0.2, 0.25) is 0 Å². The van der Waals surface area contributed by atoms with Crippen molar-refractivity contribution in [3.05, 3.63) is 102 Å². The van der Waals surface area contributed by atoms with Gasteiger partial charge in [0, 0.05) is 15.2 Å². The second kappa shape index (κ2) is 7.94. The molecule has 0 amide bonds. The maximum absolute atomic E-state index is 11.8. The van der Waals surface area contributed by atoms with Gasteiger partial charge in [-0.25, -0.2) is 0 Å². The Kier molecular flexibility index (Phi) is 5.18. The number of halogens is 1. The zero-order valence-electron chi connectivity index (χ0n) is 15.2. The molecule has 0 spiro atoms. The van der Waals surface area contributed by atoms with Crippen molar-refractivity contribution in [2.24, 2.45) is 5.10 Å². The molecule has 0 aliphatic carbocycles. The van der Waals surface area contributed by atoms with E-state index in [4.69, 9.17) is 0 Å². The minimum absolute atomic E-state index is 0.0349. The van der Waals surface area contributed by atoms with E-state index < -0.39 is 21.2 Å². The average molecular weight is 516 g/mol. The quantitative estimate of drug-likeness (QED) is 0.307. The molecule has 1 aliphatic rings. The van der Waals surface area contributed by atoms with Gasteiger partial charge in [0.15, 0.2) is 11.5 Å². The summed E-state index contributed by atoms with van der Waals surface area (Å²) in [5.74, 6) is 0.441. The summed E-state index contributed by atoms with van der Waals surface area (Å²) in [4.78, 5) is 21.6. The molecule has 0 radical (unpaired) electrons. The van der Waals surface area contributed by atoms with E-state index in [1.165, 1.54) is 22.4 Å².